The summed E-state index contributed by atoms with van der Waals surface area (Å²) < 4.78 is 22.2. The molecule has 6 heteroatoms. The second kappa shape index (κ2) is 17.7. The van der Waals surface area contributed by atoms with Crippen LogP contribution in [0.1, 0.15) is 44.5 Å². The van der Waals surface area contributed by atoms with Crippen LogP contribution in [0.2, 0.25) is 0 Å². The third-order valence-corrected chi connectivity index (χ3v) is 11.6. The van der Waals surface area contributed by atoms with Crippen LogP contribution in [-0.2, 0) is 31.8 Å². The van der Waals surface area contributed by atoms with E-state index in [1.165, 1.54) is 55.6 Å². The van der Waals surface area contributed by atoms with Gasteiger partial charge >= 0.3 is 0 Å². The number of ether oxygens (including phenoxy) is 4. The summed E-state index contributed by atoms with van der Waals surface area (Å²) in [4.78, 5) is 4.76. The van der Waals surface area contributed by atoms with Crippen LogP contribution < -0.4 is 9.80 Å². The second-order valence-electron chi connectivity index (χ2n) is 16.1. The molecule has 0 saturated carbocycles. The monoisotopic (exact) mass is 772 g/mol. The van der Waals surface area contributed by atoms with Crippen molar-refractivity contribution >= 4 is 34.1 Å². The first-order valence-electron chi connectivity index (χ1n) is 20.7. The van der Waals surface area contributed by atoms with Crippen LogP contribution in [0.5, 0.6) is 0 Å². The van der Waals surface area contributed by atoms with Gasteiger partial charge in [-0.15, -0.1) is 0 Å². The average Bonchev–Trinajstić information content (AvgIpc) is 4.17. The Bertz CT molecular complexity index is 2180. The highest BCUT2D eigenvalue weighted by Crippen LogP contribution is 2.41. The van der Waals surface area contributed by atoms with Crippen molar-refractivity contribution in [2.45, 2.75) is 66.6 Å². The highest BCUT2D eigenvalue weighted by atomic mass is 16.6. The molecular weight excluding hydrogens is 717 g/mol. The topological polar surface area (TPSA) is 50.0 Å². The predicted molar refractivity (Wildman–Crippen MR) is 238 cm³/mol. The minimum Gasteiger partial charge on any atom is -0.378 e. The van der Waals surface area contributed by atoms with Crippen LogP contribution >= 0.6 is 0 Å². The number of epoxide rings is 2. The van der Waals surface area contributed by atoms with Gasteiger partial charge < -0.3 is 28.7 Å². The smallest absolute Gasteiger partial charge is 0.104 e. The number of nitrogens with zero attached hydrogens (tertiary/aromatic N) is 2. The minimum atomic E-state index is 0.295. The Morgan fingerprint density at radius 1 is 0.431 bits per heavy atom. The van der Waals surface area contributed by atoms with Crippen LogP contribution in [0.4, 0.5) is 34.1 Å². The zero-order valence-corrected chi connectivity index (χ0v) is 34.9. The third-order valence-electron chi connectivity index (χ3n) is 11.6. The highest BCUT2D eigenvalue weighted by molar-refractivity contribution is 5.83. The lowest BCUT2D eigenvalue weighted by Crippen LogP contribution is -2.12. The molecule has 0 N–H and O–H groups in total. The van der Waals surface area contributed by atoms with E-state index in [4.69, 9.17) is 18.9 Å². The van der Waals surface area contributed by atoms with Crippen LogP contribution in [0.15, 0.2) is 121 Å². The van der Waals surface area contributed by atoms with E-state index in [2.05, 4.69) is 173 Å². The van der Waals surface area contributed by atoms with Crippen molar-refractivity contribution in [3.05, 3.63) is 166 Å². The largest absolute Gasteiger partial charge is 0.378 e. The molecule has 0 radical (unpaired) electrons. The summed E-state index contributed by atoms with van der Waals surface area (Å²) in [5.74, 6) is 0. The number of benzene rings is 6. The van der Waals surface area contributed by atoms with Crippen molar-refractivity contribution in [3.63, 3.8) is 0 Å². The molecule has 2 saturated heterocycles. The van der Waals surface area contributed by atoms with E-state index in [0.29, 0.717) is 38.6 Å². The van der Waals surface area contributed by atoms with Gasteiger partial charge in [0.15, 0.2) is 0 Å². The fourth-order valence-electron chi connectivity index (χ4n) is 7.52. The lowest BCUT2D eigenvalue weighted by atomic mass is 9.98. The Hall–Kier alpha value is -5.24. The molecule has 0 amide bonds. The molecule has 6 aromatic carbocycles. The Morgan fingerprint density at radius 3 is 1.16 bits per heavy atom. The summed E-state index contributed by atoms with van der Waals surface area (Å²) in [5, 5.41) is 0. The molecular formula is C52H56N2O4. The van der Waals surface area contributed by atoms with E-state index in [-0.39, 0.29) is 0 Å². The van der Waals surface area contributed by atoms with Crippen LogP contribution in [0, 0.1) is 41.5 Å². The molecule has 8 rings (SSSR count). The number of aryl methyl sites for hydroxylation is 6. The second-order valence-corrected chi connectivity index (χ2v) is 16.1. The molecule has 2 aliphatic rings. The maximum absolute atomic E-state index is 5.82. The SMILES string of the molecule is Cc1ccc(N(c2ccc(CCOCC3CO3)cc2)c2ccc(-c3ccc(N(c4ccc(CCOCC5CO5)cc4)c4ccc(C)c(C)c4)c(C)c3)cc2C)cc1C. The van der Waals surface area contributed by atoms with Crippen LogP contribution in [0.25, 0.3) is 11.1 Å². The number of hydrogen-bond acceptors (Lipinski definition) is 6. The highest BCUT2D eigenvalue weighted by Gasteiger charge is 2.23. The first-order chi connectivity index (χ1) is 28.2. The summed E-state index contributed by atoms with van der Waals surface area (Å²) in [5.41, 5.74) is 19.3. The molecule has 2 unspecified atom stereocenters. The molecule has 2 atom stereocenters. The van der Waals surface area contributed by atoms with Crippen LogP contribution in [0.3, 0.4) is 0 Å². The van der Waals surface area contributed by atoms with Gasteiger partial charge in [-0.25, -0.2) is 0 Å². The molecule has 58 heavy (non-hydrogen) atoms. The Kier molecular flexibility index (Phi) is 12.1. The molecule has 2 aliphatic heterocycles. The van der Waals surface area contributed by atoms with Gasteiger partial charge in [0.25, 0.3) is 0 Å². The van der Waals surface area contributed by atoms with Crippen molar-refractivity contribution in [3.8, 4) is 11.1 Å². The van der Waals surface area contributed by atoms with Gasteiger partial charge in [0, 0.05) is 34.1 Å². The Balaban J connectivity index is 1.06. The lowest BCUT2D eigenvalue weighted by Gasteiger charge is -2.29. The summed E-state index contributed by atoms with van der Waals surface area (Å²) in [6.07, 6.45) is 2.35. The minimum absolute atomic E-state index is 0.295. The van der Waals surface area contributed by atoms with E-state index < -0.39 is 0 Å². The molecule has 0 bridgehead atoms. The van der Waals surface area contributed by atoms with Crippen molar-refractivity contribution in [1.29, 1.82) is 0 Å². The standard InChI is InChI=1S/C52H56N2O4/c1-35-7-15-47(29-37(35)3)53(45-17-9-41(10-18-45)23-25-55-31-49-33-57-49)51-21-13-43(27-39(51)5)44-14-22-52(40(6)28-44)54(48-16-8-36(2)38(4)30-48)46-19-11-42(12-20-46)24-26-56-32-50-34-58-50/h7-22,27-30,49-50H,23-26,31-34H2,1-6H3. The zero-order valence-electron chi connectivity index (χ0n) is 34.9. The van der Waals surface area contributed by atoms with E-state index in [9.17, 15) is 0 Å². The van der Waals surface area contributed by atoms with Gasteiger partial charge in [0.2, 0.25) is 0 Å². The molecule has 298 valence electrons. The quantitative estimate of drug-likeness (QED) is 0.0680. The molecule has 6 aromatic rings. The first kappa shape index (κ1) is 39.6. The predicted octanol–water partition coefficient (Wildman–Crippen LogP) is 12.1. The van der Waals surface area contributed by atoms with E-state index in [1.54, 1.807) is 0 Å². The van der Waals surface area contributed by atoms with Gasteiger partial charge in [-0.1, -0.05) is 48.5 Å². The lowest BCUT2D eigenvalue weighted by molar-refractivity contribution is 0.119. The number of anilines is 6. The van der Waals surface area contributed by atoms with E-state index >= 15 is 0 Å². The van der Waals surface area contributed by atoms with Crippen molar-refractivity contribution < 1.29 is 18.9 Å². The number of hydrogen-bond donors (Lipinski definition) is 0. The summed E-state index contributed by atoms with van der Waals surface area (Å²) in [7, 11) is 0. The summed E-state index contributed by atoms with van der Waals surface area (Å²) in [6, 6.07) is 45.1. The zero-order chi connectivity index (χ0) is 40.2. The van der Waals surface area contributed by atoms with Gasteiger partial charge in [-0.05, 0) is 183 Å². The van der Waals surface area contributed by atoms with E-state index in [1.807, 2.05) is 0 Å². The molecule has 0 aliphatic carbocycles. The average molecular weight is 773 g/mol. The molecule has 0 aromatic heterocycles. The Morgan fingerprint density at radius 2 is 0.810 bits per heavy atom. The van der Waals surface area contributed by atoms with Gasteiger partial charge in [0.1, 0.15) is 12.2 Å². The fourth-order valence-corrected chi connectivity index (χ4v) is 7.52. The normalized spacial score (nSPS) is 15.7. The van der Waals surface area contributed by atoms with E-state index in [0.717, 1.165) is 60.2 Å². The number of rotatable bonds is 17. The van der Waals surface area contributed by atoms with Gasteiger partial charge in [-0.2, -0.15) is 0 Å². The summed E-state index contributed by atoms with van der Waals surface area (Å²) in [6.45, 7) is 17.6. The molecule has 0 spiro atoms. The van der Waals surface area contributed by atoms with Crippen molar-refractivity contribution in [2.24, 2.45) is 0 Å². The maximum Gasteiger partial charge on any atom is 0.104 e. The molecule has 6 nitrogen and oxygen atoms in total. The first-order valence-corrected chi connectivity index (χ1v) is 20.7. The maximum atomic E-state index is 5.82. The summed E-state index contributed by atoms with van der Waals surface area (Å²) >= 11 is 0. The van der Waals surface area contributed by atoms with Gasteiger partial charge in [-0.3, -0.25) is 0 Å². The third kappa shape index (κ3) is 9.54. The molecule has 2 fully saturated rings. The van der Waals surface area contributed by atoms with Crippen molar-refractivity contribution in [2.75, 3.05) is 49.4 Å². The molecule has 2 heterocycles. The van der Waals surface area contributed by atoms with Crippen LogP contribution in [-0.4, -0.2) is 51.8 Å². The van der Waals surface area contributed by atoms with Gasteiger partial charge in [0.05, 0.1) is 39.6 Å². The fraction of sp³-hybridized carbons (Fsp3) is 0.308. The van der Waals surface area contributed by atoms with Crippen molar-refractivity contribution in [1.82, 2.24) is 0 Å². The Labute approximate surface area is 345 Å².